The van der Waals surface area contributed by atoms with Crippen molar-refractivity contribution in [2.75, 3.05) is 20.2 Å². The number of ether oxygens (including phenoxy) is 1. The molecule has 1 heterocycles. The van der Waals surface area contributed by atoms with Crippen molar-refractivity contribution in [2.24, 2.45) is 5.92 Å². The van der Waals surface area contributed by atoms with Crippen molar-refractivity contribution in [1.29, 1.82) is 0 Å². The van der Waals surface area contributed by atoms with Gasteiger partial charge in [0.2, 0.25) is 5.91 Å². The quantitative estimate of drug-likeness (QED) is 0.803. The molecule has 142 valence electrons. The third-order valence-electron chi connectivity index (χ3n) is 5.51. The Morgan fingerprint density at radius 1 is 1.12 bits per heavy atom. The molecule has 0 unspecified atom stereocenters. The lowest BCUT2D eigenvalue weighted by Crippen LogP contribution is -2.48. The molecular formula is C20H27BrN2O3. The number of rotatable bonds is 4. The van der Waals surface area contributed by atoms with E-state index in [1.54, 1.807) is 13.2 Å². The molecule has 0 aromatic heterocycles. The molecule has 1 saturated heterocycles. The molecule has 0 bridgehead atoms. The Labute approximate surface area is 163 Å². The Kier molecular flexibility index (Phi) is 6.57. The number of benzene rings is 1. The van der Waals surface area contributed by atoms with E-state index in [4.69, 9.17) is 4.74 Å². The van der Waals surface area contributed by atoms with E-state index in [1.807, 2.05) is 17.0 Å². The van der Waals surface area contributed by atoms with E-state index >= 15 is 0 Å². The number of carbonyl (C=O) groups excluding carboxylic acids is 2. The molecule has 2 amide bonds. The number of hydrogen-bond acceptors (Lipinski definition) is 3. The molecule has 1 aromatic carbocycles. The summed E-state index contributed by atoms with van der Waals surface area (Å²) in [5, 5.41) is 3.21. The van der Waals surface area contributed by atoms with Crippen LogP contribution in [0.3, 0.4) is 0 Å². The van der Waals surface area contributed by atoms with Crippen LogP contribution in [0.2, 0.25) is 0 Å². The summed E-state index contributed by atoms with van der Waals surface area (Å²) < 4.78 is 6.00. The largest absolute Gasteiger partial charge is 0.497 e. The second kappa shape index (κ2) is 8.89. The molecule has 1 aliphatic carbocycles. The van der Waals surface area contributed by atoms with Gasteiger partial charge in [-0.15, -0.1) is 0 Å². The van der Waals surface area contributed by atoms with E-state index in [2.05, 4.69) is 21.2 Å². The molecule has 1 aromatic rings. The normalized spacial score (nSPS) is 19.2. The molecule has 3 rings (SSSR count). The van der Waals surface area contributed by atoms with Gasteiger partial charge in [-0.2, -0.15) is 0 Å². The summed E-state index contributed by atoms with van der Waals surface area (Å²) >= 11 is 3.46. The van der Waals surface area contributed by atoms with Crippen molar-refractivity contribution in [1.82, 2.24) is 10.2 Å². The van der Waals surface area contributed by atoms with Crippen molar-refractivity contribution in [3.05, 3.63) is 28.2 Å². The number of halogens is 1. The van der Waals surface area contributed by atoms with Gasteiger partial charge in [-0.05, 0) is 59.8 Å². The lowest BCUT2D eigenvalue weighted by molar-refractivity contribution is -0.126. The zero-order valence-corrected chi connectivity index (χ0v) is 16.9. The van der Waals surface area contributed by atoms with E-state index in [9.17, 15) is 9.59 Å². The van der Waals surface area contributed by atoms with Crippen LogP contribution in [0, 0.1) is 5.92 Å². The first kappa shape index (κ1) is 19.2. The summed E-state index contributed by atoms with van der Waals surface area (Å²) in [4.78, 5) is 27.1. The number of carbonyl (C=O) groups is 2. The summed E-state index contributed by atoms with van der Waals surface area (Å²) in [5.41, 5.74) is 0.619. The summed E-state index contributed by atoms with van der Waals surface area (Å²) in [6, 6.07) is 5.61. The summed E-state index contributed by atoms with van der Waals surface area (Å²) in [5.74, 6) is 1.08. The average Bonchev–Trinajstić information content (AvgIpc) is 2.69. The van der Waals surface area contributed by atoms with Crippen molar-refractivity contribution in [3.63, 3.8) is 0 Å². The zero-order chi connectivity index (χ0) is 18.5. The lowest BCUT2D eigenvalue weighted by atomic mass is 9.88. The van der Waals surface area contributed by atoms with Gasteiger partial charge in [0.1, 0.15) is 5.75 Å². The van der Waals surface area contributed by atoms with Crippen LogP contribution in [0.1, 0.15) is 55.3 Å². The Hall–Kier alpha value is -1.56. The molecule has 5 nitrogen and oxygen atoms in total. The van der Waals surface area contributed by atoms with E-state index < -0.39 is 0 Å². The molecule has 6 heteroatoms. The molecule has 0 radical (unpaired) electrons. The minimum absolute atomic E-state index is 0.00725. The molecule has 1 N–H and O–H groups in total. The molecule has 1 aliphatic heterocycles. The fourth-order valence-corrected chi connectivity index (χ4v) is 4.29. The topological polar surface area (TPSA) is 58.6 Å². The molecule has 0 spiro atoms. The molecule has 2 aliphatic rings. The van der Waals surface area contributed by atoms with Gasteiger partial charge in [0.25, 0.3) is 5.91 Å². The summed E-state index contributed by atoms with van der Waals surface area (Å²) in [7, 11) is 1.60. The second-order valence-corrected chi connectivity index (χ2v) is 8.11. The minimum Gasteiger partial charge on any atom is -0.497 e. The SMILES string of the molecule is COc1ccc(Br)c(C(=O)N2CCC(NC(=O)C3CCCCC3)CC2)c1. The predicted molar refractivity (Wildman–Crippen MR) is 104 cm³/mol. The highest BCUT2D eigenvalue weighted by molar-refractivity contribution is 9.10. The van der Waals surface area contributed by atoms with Gasteiger partial charge in [-0.25, -0.2) is 0 Å². The van der Waals surface area contributed by atoms with Crippen LogP contribution < -0.4 is 10.1 Å². The molecular weight excluding hydrogens is 396 g/mol. The maximum atomic E-state index is 12.8. The van der Waals surface area contributed by atoms with Gasteiger partial charge >= 0.3 is 0 Å². The Morgan fingerprint density at radius 2 is 1.81 bits per heavy atom. The average molecular weight is 423 g/mol. The Balaban J connectivity index is 1.53. The first-order chi connectivity index (χ1) is 12.6. The predicted octanol–water partition coefficient (Wildman–Crippen LogP) is 3.76. The third kappa shape index (κ3) is 4.58. The van der Waals surface area contributed by atoms with E-state index in [1.165, 1.54) is 19.3 Å². The van der Waals surface area contributed by atoms with Crippen molar-refractivity contribution in [2.45, 2.75) is 51.0 Å². The van der Waals surface area contributed by atoms with Gasteiger partial charge in [0.15, 0.2) is 0 Å². The van der Waals surface area contributed by atoms with Gasteiger partial charge in [-0.3, -0.25) is 9.59 Å². The molecule has 2 fully saturated rings. The minimum atomic E-state index is 0.00725. The molecule has 26 heavy (non-hydrogen) atoms. The van der Waals surface area contributed by atoms with Gasteiger partial charge in [0, 0.05) is 29.5 Å². The fourth-order valence-electron chi connectivity index (χ4n) is 3.88. The van der Waals surface area contributed by atoms with Gasteiger partial charge < -0.3 is 15.0 Å². The zero-order valence-electron chi connectivity index (χ0n) is 15.3. The number of amides is 2. The van der Waals surface area contributed by atoms with Crippen LogP contribution in [0.15, 0.2) is 22.7 Å². The molecule has 1 saturated carbocycles. The highest BCUT2D eigenvalue weighted by Gasteiger charge is 2.28. The first-order valence-corrected chi connectivity index (χ1v) is 10.3. The number of nitrogens with one attached hydrogen (secondary N) is 1. The van der Waals surface area contributed by atoms with Crippen molar-refractivity contribution in [3.8, 4) is 5.75 Å². The standard InChI is InChI=1S/C20H27BrN2O3/c1-26-16-7-8-18(21)17(13-16)20(25)23-11-9-15(10-12-23)22-19(24)14-5-3-2-4-6-14/h7-8,13-15H,2-6,9-12H2,1H3,(H,22,24). The Bertz CT molecular complexity index is 650. The highest BCUT2D eigenvalue weighted by atomic mass is 79.9. The second-order valence-electron chi connectivity index (χ2n) is 7.26. The van der Waals surface area contributed by atoms with Crippen LogP contribution >= 0.6 is 15.9 Å². The fraction of sp³-hybridized carbons (Fsp3) is 0.600. The highest BCUT2D eigenvalue weighted by Crippen LogP contribution is 2.26. The smallest absolute Gasteiger partial charge is 0.255 e. The summed E-state index contributed by atoms with van der Waals surface area (Å²) in [6.45, 7) is 1.33. The number of piperidine rings is 1. The van der Waals surface area contributed by atoms with Crippen molar-refractivity contribution >= 4 is 27.7 Å². The Morgan fingerprint density at radius 3 is 2.46 bits per heavy atom. The maximum Gasteiger partial charge on any atom is 0.255 e. The van der Waals surface area contributed by atoms with Crippen LogP contribution in [-0.2, 0) is 4.79 Å². The van der Waals surface area contributed by atoms with Crippen LogP contribution in [-0.4, -0.2) is 43.0 Å². The van der Waals surface area contributed by atoms with Crippen molar-refractivity contribution < 1.29 is 14.3 Å². The van der Waals surface area contributed by atoms with Crippen LogP contribution in [0.5, 0.6) is 5.75 Å². The lowest BCUT2D eigenvalue weighted by Gasteiger charge is -2.33. The van der Waals surface area contributed by atoms with Crippen LogP contribution in [0.4, 0.5) is 0 Å². The van der Waals surface area contributed by atoms with E-state index in [-0.39, 0.29) is 23.8 Å². The summed E-state index contributed by atoms with van der Waals surface area (Å²) in [6.07, 6.45) is 7.25. The monoisotopic (exact) mass is 422 g/mol. The number of nitrogens with zero attached hydrogens (tertiary/aromatic N) is 1. The maximum absolute atomic E-state index is 12.8. The van der Waals surface area contributed by atoms with Gasteiger partial charge in [0.05, 0.1) is 12.7 Å². The number of likely N-dealkylation sites (tertiary alicyclic amines) is 1. The number of hydrogen-bond donors (Lipinski definition) is 1. The van der Waals surface area contributed by atoms with Gasteiger partial charge in [-0.1, -0.05) is 19.3 Å². The van der Waals surface area contributed by atoms with E-state index in [0.717, 1.165) is 30.2 Å². The third-order valence-corrected chi connectivity index (χ3v) is 6.20. The van der Waals surface area contributed by atoms with E-state index in [0.29, 0.717) is 24.4 Å². The number of methoxy groups -OCH3 is 1. The molecule has 0 atom stereocenters. The first-order valence-electron chi connectivity index (χ1n) is 9.51. The van der Waals surface area contributed by atoms with Crippen LogP contribution in [0.25, 0.3) is 0 Å².